The monoisotopic (exact) mass is 414 g/mol. The molecule has 0 N–H and O–H groups in total. The van der Waals surface area contributed by atoms with Crippen LogP contribution in [0.3, 0.4) is 0 Å². The van der Waals surface area contributed by atoms with E-state index >= 15 is 0 Å². The molecule has 0 spiro atoms. The number of unbranched alkanes of at least 4 members (excludes halogenated alkanes) is 13. The van der Waals surface area contributed by atoms with Crippen molar-refractivity contribution in [1.82, 2.24) is 0 Å². The minimum atomic E-state index is 0.718. The smallest absolute Gasteiger partial charge is 0.114 e. The Labute approximate surface area is 189 Å². The molecule has 0 aromatic heterocycles. The Balaban J connectivity index is 1.54. The number of nitrogens with zero attached hydrogens (tertiary/aromatic N) is 1. The predicted molar refractivity (Wildman–Crippen MR) is 134 cm³/mol. The third-order valence-electron chi connectivity index (χ3n) is 7.65. The van der Waals surface area contributed by atoms with Gasteiger partial charge in [-0.2, -0.15) is 0 Å². The van der Waals surface area contributed by atoms with E-state index in [1.807, 2.05) is 0 Å². The first-order chi connectivity index (χ1) is 14.8. The van der Waals surface area contributed by atoms with E-state index in [1.54, 1.807) is 5.56 Å². The fourth-order valence-electron chi connectivity index (χ4n) is 5.89. The van der Waals surface area contributed by atoms with E-state index in [-0.39, 0.29) is 0 Å². The molecule has 1 heteroatoms. The number of benzene rings is 1. The molecule has 1 aliphatic heterocycles. The second kappa shape index (κ2) is 15.9. The van der Waals surface area contributed by atoms with Crippen molar-refractivity contribution in [2.75, 3.05) is 19.6 Å². The van der Waals surface area contributed by atoms with Crippen LogP contribution >= 0.6 is 0 Å². The molecular weight excluding hydrogens is 362 g/mol. The van der Waals surface area contributed by atoms with Crippen LogP contribution in [-0.2, 0) is 0 Å². The maximum atomic E-state index is 2.40. The van der Waals surface area contributed by atoms with Crippen molar-refractivity contribution in [3.63, 3.8) is 0 Å². The zero-order chi connectivity index (χ0) is 21.3. The van der Waals surface area contributed by atoms with Gasteiger partial charge >= 0.3 is 0 Å². The van der Waals surface area contributed by atoms with Gasteiger partial charge in [-0.05, 0) is 12.8 Å². The van der Waals surface area contributed by atoms with Crippen molar-refractivity contribution in [2.24, 2.45) is 0 Å². The van der Waals surface area contributed by atoms with Crippen LogP contribution < -0.4 is 0 Å². The maximum Gasteiger partial charge on any atom is 0.114 e. The van der Waals surface area contributed by atoms with Crippen LogP contribution in [-0.4, -0.2) is 24.1 Å². The lowest BCUT2D eigenvalue weighted by atomic mass is 9.99. The Bertz CT molecular complexity index is 502. The number of rotatable bonds is 18. The predicted octanol–water partition coefficient (Wildman–Crippen LogP) is 9.23. The van der Waals surface area contributed by atoms with Crippen LogP contribution in [0.25, 0.3) is 0 Å². The van der Waals surface area contributed by atoms with Crippen molar-refractivity contribution in [1.29, 1.82) is 0 Å². The van der Waals surface area contributed by atoms with Crippen molar-refractivity contribution in [3.05, 3.63) is 35.9 Å². The highest BCUT2D eigenvalue weighted by Crippen LogP contribution is 2.36. The lowest BCUT2D eigenvalue weighted by molar-refractivity contribution is -0.946. The number of hydrogen-bond donors (Lipinski definition) is 0. The van der Waals surface area contributed by atoms with Gasteiger partial charge in [0, 0.05) is 24.8 Å². The summed E-state index contributed by atoms with van der Waals surface area (Å²) in [7, 11) is 0. The molecule has 1 heterocycles. The molecule has 1 nitrogen and oxygen atoms in total. The molecule has 1 aliphatic rings. The van der Waals surface area contributed by atoms with Crippen molar-refractivity contribution >= 4 is 0 Å². The highest BCUT2D eigenvalue weighted by molar-refractivity contribution is 5.17. The van der Waals surface area contributed by atoms with Gasteiger partial charge in [0.1, 0.15) is 6.04 Å². The quantitative estimate of drug-likeness (QED) is 0.166. The zero-order valence-electron chi connectivity index (χ0n) is 20.6. The van der Waals surface area contributed by atoms with E-state index in [1.165, 1.54) is 133 Å². The van der Waals surface area contributed by atoms with Crippen LogP contribution in [0.5, 0.6) is 0 Å². The van der Waals surface area contributed by atoms with E-state index in [0.717, 1.165) is 6.04 Å². The number of likely N-dealkylation sites (tertiary alicyclic amines) is 1. The maximum absolute atomic E-state index is 2.40. The molecule has 1 saturated heterocycles. The second-order valence-corrected chi connectivity index (χ2v) is 10.0. The van der Waals surface area contributed by atoms with Crippen molar-refractivity contribution in [3.8, 4) is 0 Å². The minimum absolute atomic E-state index is 0.718. The van der Waals surface area contributed by atoms with Crippen LogP contribution in [0.1, 0.15) is 135 Å². The molecule has 1 aromatic rings. The van der Waals surface area contributed by atoms with Gasteiger partial charge in [-0.25, -0.2) is 0 Å². The Morgan fingerprint density at radius 2 is 1.10 bits per heavy atom. The normalized spacial score (nSPS) is 16.7. The van der Waals surface area contributed by atoms with Gasteiger partial charge in [0.15, 0.2) is 0 Å². The number of hydrogen-bond acceptors (Lipinski definition) is 0. The highest BCUT2D eigenvalue weighted by Gasteiger charge is 2.39. The summed E-state index contributed by atoms with van der Waals surface area (Å²) in [6.07, 6.45) is 24.5. The summed E-state index contributed by atoms with van der Waals surface area (Å²) in [5.74, 6) is 0. The first kappa shape index (κ1) is 25.4. The Morgan fingerprint density at radius 3 is 1.57 bits per heavy atom. The van der Waals surface area contributed by atoms with Crippen LogP contribution in [0, 0.1) is 0 Å². The van der Waals surface area contributed by atoms with E-state index in [9.17, 15) is 0 Å². The Hall–Kier alpha value is -0.820. The lowest BCUT2D eigenvalue weighted by Gasteiger charge is -2.42. The molecule has 172 valence electrons. The topological polar surface area (TPSA) is 0 Å². The van der Waals surface area contributed by atoms with Gasteiger partial charge in [0.05, 0.1) is 19.6 Å². The first-order valence-electron chi connectivity index (χ1n) is 13.7. The van der Waals surface area contributed by atoms with E-state index < -0.39 is 0 Å². The third kappa shape index (κ3) is 9.13. The van der Waals surface area contributed by atoms with Gasteiger partial charge in [-0.1, -0.05) is 121 Å². The number of quaternary nitrogens is 1. The van der Waals surface area contributed by atoms with Gasteiger partial charge in [-0.3, -0.25) is 0 Å². The van der Waals surface area contributed by atoms with Crippen LogP contribution in [0.4, 0.5) is 0 Å². The standard InChI is InChI=1S/C29H52N/c1-3-5-6-7-8-9-10-11-12-13-14-15-16-20-25-30(26-21-22-27-30)29(4-2)28-23-18-17-19-24-28/h17-19,23-24,29H,3-16,20-22,25-27H2,1-2H3/q+1. The SMILES string of the molecule is CCCCCCCCCCCCCCCC[N+]1(C(CC)c2ccccc2)CCCC1. The van der Waals surface area contributed by atoms with Crippen molar-refractivity contribution < 1.29 is 4.48 Å². The summed E-state index contributed by atoms with van der Waals surface area (Å²) in [6, 6.07) is 12.1. The van der Waals surface area contributed by atoms with E-state index in [2.05, 4.69) is 44.2 Å². The summed E-state index contributed by atoms with van der Waals surface area (Å²) in [5.41, 5.74) is 1.58. The summed E-state index contributed by atoms with van der Waals surface area (Å²) >= 11 is 0. The molecule has 2 rings (SSSR count). The molecule has 0 amide bonds. The summed E-state index contributed by atoms with van der Waals surface area (Å²) in [4.78, 5) is 0. The van der Waals surface area contributed by atoms with Gasteiger partial charge in [-0.15, -0.1) is 0 Å². The van der Waals surface area contributed by atoms with Gasteiger partial charge in [0.25, 0.3) is 0 Å². The van der Waals surface area contributed by atoms with Crippen molar-refractivity contribution in [2.45, 2.75) is 129 Å². The first-order valence-corrected chi connectivity index (χ1v) is 13.7. The molecule has 0 bridgehead atoms. The largest absolute Gasteiger partial charge is 0.317 e. The van der Waals surface area contributed by atoms with E-state index in [4.69, 9.17) is 0 Å². The molecule has 0 saturated carbocycles. The molecule has 1 fully saturated rings. The van der Waals surface area contributed by atoms with E-state index in [0.29, 0.717) is 0 Å². The molecule has 0 aliphatic carbocycles. The summed E-state index contributed by atoms with van der Waals surface area (Å²) in [5, 5.41) is 0. The lowest BCUT2D eigenvalue weighted by Crippen LogP contribution is -2.48. The fraction of sp³-hybridized carbons (Fsp3) is 0.793. The Morgan fingerprint density at radius 1 is 0.633 bits per heavy atom. The zero-order valence-corrected chi connectivity index (χ0v) is 20.6. The molecule has 1 unspecified atom stereocenters. The summed E-state index contributed by atoms with van der Waals surface area (Å²) in [6.45, 7) is 8.93. The van der Waals surface area contributed by atoms with Gasteiger partial charge < -0.3 is 4.48 Å². The highest BCUT2D eigenvalue weighted by atomic mass is 15.4. The van der Waals surface area contributed by atoms with Crippen LogP contribution in [0.2, 0.25) is 0 Å². The fourth-order valence-corrected chi connectivity index (χ4v) is 5.89. The summed E-state index contributed by atoms with van der Waals surface area (Å²) < 4.78 is 1.37. The molecule has 0 radical (unpaired) electrons. The second-order valence-electron chi connectivity index (χ2n) is 10.0. The molecular formula is C29H52N+. The molecule has 1 aromatic carbocycles. The Kier molecular flexibility index (Phi) is 13.5. The molecule has 30 heavy (non-hydrogen) atoms. The average molecular weight is 415 g/mol. The average Bonchev–Trinajstić information content (AvgIpc) is 3.25. The third-order valence-corrected chi connectivity index (χ3v) is 7.65. The van der Waals surface area contributed by atoms with Gasteiger partial charge in [0.2, 0.25) is 0 Å². The minimum Gasteiger partial charge on any atom is -0.317 e. The molecule has 1 atom stereocenters. The van der Waals surface area contributed by atoms with Crippen LogP contribution in [0.15, 0.2) is 30.3 Å².